The number of ether oxygens (including phenoxy) is 1. The summed E-state index contributed by atoms with van der Waals surface area (Å²) in [6.45, 7) is 6.48. The van der Waals surface area contributed by atoms with Gasteiger partial charge in [-0.3, -0.25) is 5.32 Å². The summed E-state index contributed by atoms with van der Waals surface area (Å²) in [5.41, 5.74) is 10.2. The number of benzene rings is 1. The van der Waals surface area contributed by atoms with E-state index < -0.39 is 6.09 Å². The Morgan fingerprint density at radius 2 is 1.62 bits per heavy atom. The highest BCUT2D eigenvalue weighted by atomic mass is 16.5. The number of amides is 1. The summed E-state index contributed by atoms with van der Waals surface area (Å²) in [6.07, 6.45) is 5.92. The molecule has 1 amide bonds. The van der Waals surface area contributed by atoms with Crippen molar-refractivity contribution in [1.29, 1.82) is 0 Å². The van der Waals surface area contributed by atoms with Gasteiger partial charge in [-0.1, -0.05) is 26.7 Å². The highest BCUT2D eigenvalue weighted by Crippen LogP contribution is 2.26. The summed E-state index contributed by atoms with van der Waals surface area (Å²) in [5.74, 6) is 0. The van der Waals surface area contributed by atoms with Crippen LogP contribution in [0.25, 0.3) is 0 Å². The number of carbonyl (C=O) groups excluding carboxylic acids is 1. The van der Waals surface area contributed by atoms with Crippen molar-refractivity contribution in [3.63, 3.8) is 0 Å². The highest BCUT2D eigenvalue weighted by Gasteiger charge is 2.10. The molecule has 4 heteroatoms. The van der Waals surface area contributed by atoms with Gasteiger partial charge in [0.2, 0.25) is 0 Å². The summed E-state index contributed by atoms with van der Waals surface area (Å²) >= 11 is 0. The van der Waals surface area contributed by atoms with E-state index in [9.17, 15) is 4.79 Å². The zero-order valence-corrected chi connectivity index (χ0v) is 13.5. The SMILES string of the molecule is CCCCc1cc(NC(=O)OCC)cc(CCCC)c1N. The molecule has 1 aromatic carbocycles. The molecule has 0 saturated heterocycles. The zero-order chi connectivity index (χ0) is 15.7. The quantitative estimate of drug-likeness (QED) is 0.692. The summed E-state index contributed by atoms with van der Waals surface area (Å²) in [4.78, 5) is 11.6. The minimum atomic E-state index is -0.412. The third-order valence-electron chi connectivity index (χ3n) is 3.47. The van der Waals surface area contributed by atoms with Crippen LogP contribution in [-0.2, 0) is 17.6 Å². The second-order valence-corrected chi connectivity index (χ2v) is 5.26. The Hall–Kier alpha value is -1.71. The molecular weight excluding hydrogens is 264 g/mol. The molecule has 0 radical (unpaired) electrons. The molecule has 3 N–H and O–H groups in total. The lowest BCUT2D eigenvalue weighted by Gasteiger charge is -2.15. The van der Waals surface area contributed by atoms with Gasteiger partial charge in [0, 0.05) is 11.4 Å². The Morgan fingerprint density at radius 1 is 1.10 bits per heavy atom. The van der Waals surface area contributed by atoms with Crippen molar-refractivity contribution in [2.75, 3.05) is 17.7 Å². The summed E-state index contributed by atoms with van der Waals surface area (Å²) in [7, 11) is 0. The molecule has 118 valence electrons. The molecule has 0 spiro atoms. The van der Waals surface area contributed by atoms with Gasteiger partial charge in [0.15, 0.2) is 0 Å². The summed E-state index contributed by atoms with van der Waals surface area (Å²) < 4.78 is 4.94. The lowest BCUT2D eigenvalue weighted by atomic mass is 9.98. The van der Waals surface area contributed by atoms with Gasteiger partial charge in [-0.15, -0.1) is 0 Å². The fourth-order valence-electron chi connectivity index (χ4n) is 2.28. The monoisotopic (exact) mass is 292 g/mol. The molecule has 0 fully saturated rings. The zero-order valence-electron chi connectivity index (χ0n) is 13.5. The van der Waals surface area contributed by atoms with Crippen molar-refractivity contribution in [2.24, 2.45) is 0 Å². The average Bonchev–Trinajstić information content (AvgIpc) is 2.46. The van der Waals surface area contributed by atoms with Crippen LogP contribution in [-0.4, -0.2) is 12.7 Å². The maximum absolute atomic E-state index is 11.6. The maximum Gasteiger partial charge on any atom is 0.411 e. The van der Waals surface area contributed by atoms with Crippen LogP contribution in [0.3, 0.4) is 0 Å². The maximum atomic E-state index is 11.6. The number of nitrogens with two attached hydrogens (primary N) is 1. The van der Waals surface area contributed by atoms with Crippen LogP contribution < -0.4 is 11.1 Å². The van der Waals surface area contributed by atoms with Gasteiger partial charge in [0.25, 0.3) is 0 Å². The van der Waals surface area contributed by atoms with E-state index in [1.807, 2.05) is 12.1 Å². The predicted octanol–water partition coefficient (Wildman–Crippen LogP) is 4.52. The minimum absolute atomic E-state index is 0.367. The number of rotatable bonds is 8. The molecule has 0 unspecified atom stereocenters. The van der Waals surface area contributed by atoms with E-state index >= 15 is 0 Å². The van der Waals surface area contributed by atoms with Crippen LogP contribution in [0.1, 0.15) is 57.6 Å². The Labute approximate surface area is 128 Å². The molecule has 0 aliphatic heterocycles. The topological polar surface area (TPSA) is 64.3 Å². The Balaban J connectivity index is 2.97. The minimum Gasteiger partial charge on any atom is -0.450 e. The molecule has 1 aromatic rings. The second-order valence-electron chi connectivity index (χ2n) is 5.26. The van der Waals surface area contributed by atoms with Crippen LogP contribution in [0, 0.1) is 0 Å². The number of hydrogen-bond acceptors (Lipinski definition) is 3. The molecule has 0 aliphatic rings. The summed E-state index contributed by atoms with van der Waals surface area (Å²) in [5, 5.41) is 2.79. The van der Waals surface area contributed by atoms with E-state index in [1.165, 1.54) is 0 Å². The van der Waals surface area contributed by atoms with Crippen molar-refractivity contribution in [1.82, 2.24) is 0 Å². The van der Waals surface area contributed by atoms with Gasteiger partial charge in [0.1, 0.15) is 0 Å². The smallest absolute Gasteiger partial charge is 0.411 e. The molecule has 0 aromatic heterocycles. The van der Waals surface area contributed by atoms with Crippen molar-refractivity contribution in [3.05, 3.63) is 23.3 Å². The number of nitrogen functional groups attached to an aromatic ring is 1. The first-order valence-electron chi connectivity index (χ1n) is 7.97. The molecule has 0 aliphatic carbocycles. The number of hydrogen-bond donors (Lipinski definition) is 2. The van der Waals surface area contributed by atoms with E-state index in [4.69, 9.17) is 10.5 Å². The predicted molar refractivity (Wildman–Crippen MR) is 88.7 cm³/mol. The molecule has 0 saturated carbocycles. The lowest BCUT2D eigenvalue weighted by Crippen LogP contribution is -2.14. The Kier molecular flexibility index (Phi) is 7.65. The fraction of sp³-hybridized carbons (Fsp3) is 0.588. The van der Waals surface area contributed by atoms with Gasteiger partial charge in [-0.05, 0) is 55.9 Å². The second kappa shape index (κ2) is 9.27. The lowest BCUT2D eigenvalue weighted by molar-refractivity contribution is 0.168. The molecule has 0 bridgehead atoms. The first-order chi connectivity index (χ1) is 10.1. The van der Waals surface area contributed by atoms with Crippen molar-refractivity contribution in [3.8, 4) is 0 Å². The van der Waals surface area contributed by atoms with Gasteiger partial charge in [0.05, 0.1) is 6.61 Å². The molecule has 1 rings (SSSR count). The Bertz CT molecular complexity index is 429. The molecule has 21 heavy (non-hydrogen) atoms. The Morgan fingerprint density at radius 3 is 2.05 bits per heavy atom. The number of unbranched alkanes of at least 4 members (excludes halogenated alkanes) is 2. The van der Waals surface area contributed by atoms with Crippen molar-refractivity contribution in [2.45, 2.75) is 59.3 Å². The number of anilines is 2. The van der Waals surface area contributed by atoms with E-state index in [-0.39, 0.29) is 0 Å². The van der Waals surface area contributed by atoms with Crippen LogP contribution in [0.2, 0.25) is 0 Å². The third kappa shape index (κ3) is 5.66. The fourth-order valence-corrected chi connectivity index (χ4v) is 2.28. The van der Waals surface area contributed by atoms with Crippen LogP contribution in [0.4, 0.5) is 16.2 Å². The van der Waals surface area contributed by atoms with E-state index in [2.05, 4.69) is 19.2 Å². The van der Waals surface area contributed by atoms with Gasteiger partial charge in [-0.25, -0.2) is 4.79 Å². The van der Waals surface area contributed by atoms with Crippen molar-refractivity contribution >= 4 is 17.5 Å². The standard InChI is InChI=1S/C17H28N2O2/c1-4-7-9-13-11-15(19-17(20)21-6-3)12-14(16(13)18)10-8-5-2/h11-12H,4-10,18H2,1-3H3,(H,19,20). The van der Waals surface area contributed by atoms with E-state index in [1.54, 1.807) is 6.92 Å². The largest absolute Gasteiger partial charge is 0.450 e. The first kappa shape index (κ1) is 17.3. The van der Waals surface area contributed by atoms with Crippen LogP contribution in [0.5, 0.6) is 0 Å². The molecule has 0 heterocycles. The average molecular weight is 292 g/mol. The van der Waals surface area contributed by atoms with Gasteiger partial charge >= 0.3 is 6.09 Å². The molecule has 4 nitrogen and oxygen atoms in total. The molecule has 0 atom stereocenters. The van der Waals surface area contributed by atoms with Crippen molar-refractivity contribution < 1.29 is 9.53 Å². The molecular formula is C17H28N2O2. The van der Waals surface area contributed by atoms with Crippen LogP contribution >= 0.6 is 0 Å². The van der Waals surface area contributed by atoms with E-state index in [0.717, 1.165) is 61.0 Å². The number of aryl methyl sites for hydroxylation is 2. The van der Waals surface area contributed by atoms with Gasteiger partial charge < -0.3 is 10.5 Å². The highest BCUT2D eigenvalue weighted by molar-refractivity contribution is 5.85. The first-order valence-corrected chi connectivity index (χ1v) is 7.97. The summed E-state index contributed by atoms with van der Waals surface area (Å²) in [6, 6.07) is 3.94. The third-order valence-corrected chi connectivity index (χ3v) is 3.47. The number of nitrogens with one attached hydrogen (secondary N) is 1. The van der Waals surface area contributed by atoms with Gasteiger partial charge in [-0.2, -0.15) is 0 Å². The van der Waals surface area contributed by atoms with Crippen LogP contribution in [0.15, 0.2) is 12.1 Å². The number of carbonyl (C=O) groups is 1. The normalized spacial score (nSPS) is 10.4. The van der Waals surface area contributed by atoms with E-state index in [0.29, 0.717) is 6.61 Å².